The van der Waals surface area contributed by atoms with E-state index >= 15 is 0 Å². The molecule has 4 aliphatic carbocycles. The Morgan fingerprint density at radius 3 is 2.68 bits per heavy atom. The van der Waals surface area contributed by atoms with Crippen LogP contribution in [0.4, 0.5) is 0 Å². The van der Waals surface area contributed by atoms with Gasteiger partial charge in [0.1, 0.15) is 5.60 Å². The summed E-state index contributed by atoms with van der Waals surface area (Å²) in [5.41, 5.74) is 1.23. The second-order valence-corrected chi connectivity index (χ2v) is 9.46. The molecule has 2 fully saturated rings. The van der Waals surface area contributed by atoms with Gasteiger partial charge >= 0.3 is 0 Å². The molecule has 3 nitrogen and oxygen atoms in total. The van der Waals surface area contributed by atoms with Crippen molar-refractivity contribution in [1.82, 2.24) is 0 Å². The normalized spacial score (nSPS) is 48.8. The summed E-state index contributed by atoms with van der Waals surface area (Å²) in [6.45, 7) is 8.04. The standard InChI is InChI=1S/C22H30O3/c1-13-11-19-17-6-5-15-12-16(24)7-9-20(15,3)18(17)8-10-21(19,4)22(13,25)14(2)23/h8,12-13,17,19,25H,5-7,9-11H2,1-4H3/t13?,17-,19+,20+,21+,22+/m1/s1. The minimum Gasteiger partial charge on any atom is -0.381 e. The van der Waals surface area contributed by atoms with Gasteiger partial charge in [-0.2, -0.15) is 0 Å². The third-order valence-corrected chi connectivity index (χ3v) is 8.45. The molecule has 3 heteroatoms. The molecule has 4 rings (SSSR count). The van der Waals surface area contributed by atoms with Crippen LogP contribution < -0.4 is 0 Å². The van der Waals surface area contributed by atoms with Crippen molar-refractivity contribution in [3.05, 3.63) is 23.3 Å². The van der Waals surface area contributed by atoms with Gasteiger partial charge < -0.3 is 5.11 Å². The van der Waals surface area contributed by atoms with Gasteiger partial charge in [0.2, 0.25) is 0 Å². The van der Waals surface area contributed by atoms with Gasteiger partial charge in [-0.3, -0.25) is 9.59 Å². The molecule has 1 N–H and O–H groups in total. The lowest BCUT2D eigenvalue weighted by Crippen LogP contribution is -2.56. The summed E-state index contributed by atoms with van der Waals surface area (Å²) in [4.78, 5) is 24.3. The maximum Gasteiger partial charge on any atom is 0.162 e. The molecule has 0 amide bonds. The molecule has 0 heterocycles. The van der Waals surface area contributed by atoms with Crippen molar-refractivity contribution in [2.24, 2.45) is 28.6 Å². The molecule has 0 aromatic carbocycles. The average Bonchev–Trinajstić information content (AvgIpc) is 2.77. The SMILES string of the molecule is CC(=O)[C@@]1(O)C(C)C[C@H]2[C@@H]3CCC4=CC(=O)CC[C@]4(C)C3=CC[C@@]21C. The van der Waals surface area contributed by atoms with Crippen molar-refractivity contribution in [3.8, 4) is 0 Å². The number of carbonyl (C=O) groups is 2. The van der Waals surface area contributed by atoms with Gasteiger partial charge in [-0.15, -0.1) is 0 Å². The van der Waals surface area contributed by atoms with Crippen molar-refractivity contribution >= 4 is 11.6 Å². The number of Topliss-reactive ketones (excluding diaryl/α,β-unsaturated/α-hetero) is 1. The first kappa shape index (κ1) is 17.2. The van der Waals surface area contributed by atoms with E-state index in [1.54, 1.807) is 6.92 Å². The Morgan fingerprint density at radius 2 is 2.00 bits per heavy atom. The summed E-state index contributed by atoms with van der Waals surface area (Å²) in [5, 5.41) is 11.4. The molecular weight excluding hydrogens is 312 g/mol. The first-order chi connectivity index (χ1) is 11.6. The Balaban J connectivity index is 1.79. The highest BCUT2D eigenvalue weighted by Gasteiger charge is 2.66. The number of rotatable bonds is 1. The zero-order valence-electron chi connectivity index (χ0n) is 15.9. The highest BCUT2D eigenvalue weighted by Crippen LogP contribution is 2.66. The lowest BCUT2D eigenvalue weighted by atomic mass is 9.50. The summed E-state index contributed by atoms with van der Waals surface area (Å²) < 4.78 is 0. The van der Waals surface area contributed by atoms with Gasteiger partial charge in [0, 0.05) is 17.3 Å². The molecule has 25 heavy (non-hydrogen) atoms. The summed E-state index contributed by atoms with van der Waals surface area (Å²) in [6, 6.07) is 0. The number of aliphatic hydroxyl groups is 1. The molecule has 0 aliphatic heterocycles. The Labute approximate surface area is 150 Å². The Bertz CT molecular complexity index is 717. The van der Waals surface area contributed by atoms with Crippen molar-refractivity contribution in [3.63, 3.8) is 0 Å². The van der Waals surface area contributed by atoms with E-state index in [9.17, 15) is 14.7 Å². The fourth-order valence-electron chi connectivity index (χ4n) is 6.95. The molecular formula is C22H30O3. The summed E-state index contributed by atoms with van der Waals surface area (Å²) in [7, 11) is 0. The summed E-state index contributed by atoms with van der Waals surface area (Å²) in [6.07, 6.45) is 9.48. The van der Waals surface area contributed by atoms with Gasteiger partial charge in [0.05, 0.1) is 0 Å². The van der Waals surface area contributed by atoms with Crippen LogP contribution in [0, 0.1) is 28.6 Å². The highest BCUT2D eigenvalue weighted by atomic mass is 16.3. The molecule has 0 spiro atoms. The quantitative estimate of drug-likeness (QED) is 0.733. The van der Waals surface area contributed by atoms with Crippen LogP contribution in [0.25, 0.3) is 0 Å². The van der Waals surface area contributed by atoms with E-state index in [4.69, 9.17) is 0 Å². The molecule has 0 aromatic rings. The van der Waals surface area contributed by atoms with Gasteiger partial charge in [0.15, 0.2) is 11.6 Å². The predicted molar refractivity (Wildman–Crippen MR) is 96.9 cm³/mol. The lowest BCUT2D eigenvalue weighted by Gasteiger charge is -2.54. The maximum absolute atomic E-state index is 12.4. The number of fused-ring (bicyclic) bond motifs is 5. The number of ketones is 2. The second-order valence-electron chi connectivity index (χ2n) is 9.46. The molecule has 136 valence electrons. The van der Waals surface area contributed by atoms with Crippen LogP contribution in [0.15, 0.2) is 23.3 Å². The van der Waals surface area contributed by atoms with E-state index in [1.807, 2.05) is 13.0 Å². The number of hydrogen-bond donors (Lipinski definition) is 1. The van der Waals surface area contributed by atoms with Crippen LogP contribution in [-0.2, 0) is 9.59 Å². The molecule has 6 atom stereocenters. The molecule has 0 radical (unpaired) electrons. The van der Waals surface area contributed by atoms with E-state index in [2.05, 4.69) is 19.9 Å². The van der Waals surface area contributed by atoms with Crippen molar-refractivity contribution in [2.45, 2.75) is 71.8 Å². The number of carbonyl (C=O) groups excluding carboxylic acids is 2. The minimum absolute atomic E-state index is 0.00503. The topological polar surface area (TPSA) is 54.4 Å². The fourth-order valence-corrected chi connectivity index (χ4v) is 6.95. The zero-order valence-corrected chi connectivity index (χ0v) is 15.9. The third-order valence-electron chi connectivity index (χ3n) is 8.45. The first-order valence-corrected chi connectivity index (χ1v) is 9.82. The third kappa shape index (κ3) is 1.96. The number of allylic oxidation sites excluding steroid dienone is 4. The van der Waals surface area contributed by atoms with Crippen LogP contribution in [-0.4, -0.2) is 22.3 Å². The predicted octanol–water partition coefficient (Wildman–Crippen LogP) is 4.00. The van der Waals surface area contributed by atoms with Crippen LogP contribution in [0.3, 0.4) is 0 Å². The smallest absolute Gasteiger partial charge is 0.162 e. The monoisotopic (exact) mass is 342 g/mol. The Hall–Kier alpha value is -1.22. The van der Waals surface area contributed by atoms with Gasteiger partial charge in [-0.1, -0.05) is 38.0 Å². The van der Waals surface area contributed by atoms with Gasteiger partial charge in [-0.25, -0.2) is 0 Å². The van der Waals surface area contributed by atoms with Crippen molar-refractivity contribution in [1.29, 1.82) is 0 Å². The first-order valence-electron chi connectivity index (χ1n) is 9.82. The highest BCUT2D eigenvalue weighted by molar-refractivity contribution is 5.92. The van der Waals surface area contributed by atoms with E-state index in [-0.39, 0.29) is 28.3 Å². The van der Waals surface area contributed by atoms with E-state index in [0.717, 1.165) is 32.1 Å². The number of hydrogen-bond acceptors (Lipinski definition) is 3. The van der Waals surface area contributed by atoms with Crippen molar-refractivity contribution in [2.75, 3.05) is 0 Å². The Kier molecular flexibility index (Phi) is 3.55. The second kappa shape index (κ2) is 5.16. The molecule has 2 saturated carbocycles. The maximum atomic E-state index is 12.4. The van der Waals surface area contributed by atoms with Gasteiger partial charge in [-0.05, 0) is 62.9 Å². The molecule has 4 aliphatic rings. The Morgan fingerprint density at radius 1 is 1.28 bits per heavy atom. The van der Waals surface area contributed by atoms with Crippen LogP contribution >= 0.6 is 0 Å². The van der Waals surface area contributed by atoms with Crippen LogP contribution in [0.5, 0.6) is 0 Å². The average molecular weight is 342 g/mol. The minimum atomic E-state index is -1.21. The molecule has 0 aromatic heterocycles. The van der Waals surface area contributed by atoms with Gasteiger partial charge in [0.25, 0.3) is 0 Å². The van der Waals surface area contributed by atoms with Crippen LogP contribution in [0.1, 0.15) is 66.2 Å². The molecule has 1 unspecified atom stereocenters. The summed E-state index contributed by atoms with van der Waals surface area (Å²) in [5.74, 6) is 0.989. The largest absolute Gasteiger partial charge is 0.381 e. The van der Waals surface area contributed by atoms with E-state index < -0.39 is 5.60 Å². The summed E-state index contributed by atoms with van der Waals surface area (Å²) >= 11 is 0. The van der Waals surface area contributed by atoms with E-state index in [0.29, 0.717) is 18.3 Å². The molecule has 0 saturated heterocycles. The fraction of sp³-hybridized carbons (Fsp3) is 0.727. The zero-order chi connectivity index (χ0) is 18.2. The molecule has 0 bridgehead atoms. The van der Waals surface area contributed by atoms with Crippen LogP contribution in [0.2, 0.25) is 0 Å². The lowest BCUT2D eigenvalue weighted by molar-refractivity contribution is -0.156. The van der Waals surface area contributed by atoms with Crippen molar-refractivity contribution < 1.29 is 14.7 Å². The van der Waals surface area contributed by atoms with E-state index in [1.165, 1.54) is 11.1 Å².